The molecule has 3 atom stereocenters. The molecular formula is C37H38ClF6N5O5S. The van der Waals surface area contributed by atoms with E-state index in [2.05, 4.69) is 10.3 Å². The number of nitrogens with zero attached hydrogens (tertiary/aromatic N) is 4. The molecule has 2 saturated heterocycles. The third-order valence-electron chi connectivity index (χ3n) is 10.3. The summed E-state index contributed by atoms with van der Waals surface area (Å²) >= 11 is 6.68. The second kappa shape index (κ2) is 16.0. The number of thiophene rings is 1. The molecule has 2 aromatic heterocycles. The van der Waals surface area contributed by atoms with E-state index < -0.39 is 63.9 Å². The normalized spacial score (nSPS) is 21.9. The van der Waals surface area contributed by atoms with Crippen LogP contribution in [0.5, 0.6) is 5.75 Å². The molecule has 3 aromatic rings. The number of alkyl halides is 6. The number of carbonyl (C=O) groups is 4. The van der Waals surface area contributed by atoms with Gasteiger partial charge in [-0.25, -0.2) is 0 Å². The summed E-state index contributed by atoms with van der Waals surface area (Å²) in [5.41, 5.74) is -2.92. The van der Waals surface area contributed by atoms with Gasteiger partial charge in [0.05, 0.1) is 30.6 Å². The van der Waals surface area contributed by atoms with Crippen LogP contribution in [0, 0.1) is 0 Å². The lowest BCUT2D eigenvalue weighted by Crippen LogP contribution is -2.68. The first-order chi connectivity index (χ1) is 26.0. The Hall–Kier alpha value is -4.38. The summed E-state index contributed by atoms with van der Waals surface area (Å²) in [4.78, 5) is 62.5. The molecule has 3 aliphatic rings. The van der Waals surface area contributed by atoms with Crippen molar-refractivity contribution in [2.24, 2.45) is 0 Å². The van der Waals surface area contributed by atoms with E-state index in [0.29, 0.717) is 34.8 Å². The van der Waals surface area contributed by atoms with Gasteiger partial charge in [-0.3, -0.25) is 24.2 Å². The largest absolute Gasteiger partial charge is 0.474 e. The molecule has 1 unspecified atom stereocenters. The van der Waals surface area contributed by atoms with Crippen LogP contribution in [0.25, 0.3) is 0 Å². The average molecular weight is 814 g/mol. The number of likely N-dealkylation sites (tertiary alicyclic amines) is 1. The Morgan fingerprint density at radius 3 is 2.53 bits per heavy atom. The monoisotopic (exact) mass is 813 g/mol. The lowest BCUT2D eigenvalue weighted by Gasteiger charge is -2.51. The highest BCUT2D eigenvalue weighted by Gasteiger charge is 2.57. The Bertz CT molecular complexity index is 1940. The Morgan fingerprint density at radius 2 is 1.84 bits per heavy atom. The zero-order valence-corrected chi connectivity index (χ0v) is 31.2. The zero-order valence-electron chi connectivity index (χ0n) is 29.6. The number of carbonyl (C=O) groups excluding carboxylic acids is 4. The maximum Gasteiger partial charge on any atom is 0.425 e. The second-order valence-electron chi connectivity index (χ2n) is 13.8. The number of aromatic nitrogens is 1. The van der Waals surface area contributed by atoms with E-state index in [4.69, 9.17) is 16.3 Å². The molecular weight excluding hydrogens is 776 g/mol. The number of piperidine rings is 1. The van der Waals surface area contributed by atoms with Gasteiger partial charge < -0.3 is 24.8 Å². The molecule has 10 nitrogen and oxygen atoms in total. The summed E-state index contributed by atoms with van der Waals surface area (Å²) in [5.74, 6) is -2.92. The molecule has 1 N–H and O–H groups in total. The van der Waals surface area contributed by atoms with Gasteiger partial charge >= 0.3 is 12.4 Å². The highest BCUT2D eigenvalue weighted by Crippen LogP contribution is 2.45. The molecule has 0 bridgehead atoms. The lowest BCUT2D eigenvalue weighted by atomic mass is 9.78. The smallest absolute Gasteiger partial charge is 0.425 e. The quantitative estimate of drug-likeness (QED) is 0.235. The summed E-state index contributed by atoms with van der Waals surface area (Å²) in [7, 11) is 0. The molecule has 0 radical (unpaired) electrons. The van der Waals surface area contributed by atoms with Crippen LogP contribution >= 0.6 is 22.9 Å². The molecule has 0 aliphatic carbocycles. The molecule has 296 valence electrons. The first-order valence-electron chi connectivity index (χ1n) is 17.8. The van der Waals surface area contributed by atoms with E-state index in [9.17, 15) is 40.7 Å². The van der Waals surface area contributed by atoms with Crippen LogP contribution in [0.4, 0.5) is 26.3 Å². The van der Waals surface area contributed by atoms with E-state index >= 15 is 4.79 Å². The van der Waals surface area contributed by atoms with Gasteiger partial charge in [-0.1, -0.05) is 37.4 Å². The van der Waals surface area contributed by atoms with Crippen molar-refractivity contribution in [1.82, 2.24) is 25.0 Å². The Balaban J connectivity index is 1.47. The molecule has 2 fully saturated rings. The van der Waals surface area contributed by atoms with E-state index in [1.54, 1.807) is 18.2 Å². The number of ether oxygens (including phenoxy) is 1. The first-order valence-corrected chi connectivity index (χ1v) is 19.1. The predicted molar refractivity (Wildman–Crippen MR) is 189 cm³/mol. The summed E-state index contributed by atoms with van der Waals surface area (Å²) < 4.78 is 90.5. The third kappa shape index (κ3) is 8.42. The molecule has 18 heteroatoms. The summed E-state index contributed by atoms with van der Waals surface area (Å²) in [6, 6.07) is 5.34. The molecule has 1 aromatic carbocycles. The van der Waals surface area contributed by atoms with Crippen LogP contribution in [0.2, 0.25) is 5.02 Å². The number of fused-ring (bicyclic) bond motifs is 1. The van der Waals surface area contributed by atoms with Crippen LogP contribution in [0.1, 0.15) is 83.5 Å². The van der Waals surface area contributed by atoms with Gasteiger partial charge in [0, 0.05) is 55.3 Å². The van der Waals surface area contributed by atoms with Crippen molar-refractivity contribution in [3.8, 4) is 5.75 Å². The van der Waals surface area contributed by atoms with Crippen molar-refractivity contribution in [2.45, 2.75) is 81.9 Å². The minimum Gasteiger partial charge on any atom is -0.474 e. The van der Waals surface area contributed by atoms with Crippen molar-refractivity contribution in [3.05, 3.63) is 80.3 Å². The lowest BCUT2D eigenvalue weighted by molar-refractivity contribution is -0.163. The Kier molecular flexibility index (Phi) is 11.7. The van der Waals surface area contributed by atoms with E-state index in [0.717, 1.165) is 40.2 Å². The summed E-state index contributed by atoms with van der Waals surface area (Å²) in [5, 5.41) is 4.19. The minimum atomic E-state index is -4.94. The number of amides is 4. The standard InChI is InChI=1S/C37H38ClF6N5O5S/c1-2-3-7-28-35(54-24-18-29(55-21-24)37(42,43)44,11-5-14-49(28)33(52)32-26(36(39,40)41)6-4-12-46-32)34(53)48-15-10-22-17-23(38)8-9-25(22)27(48)19-31(51)47-16-13-45-30(50)20-47/h4,6,8-9,12,17-18,21,27-28H,2-3,5,7,10-11,13-16,19-20H2,1H3,(H,45,50)/t27?,28-,35+/m1/s1. The number of benzene rings is 1. The van der Waals surface area contributed by atoms with Crippen LogP contribution in [0.3, 0.4) is 0 Å². The average Bonchev–Trinajstić information content (AvgIpc) is 3.62. The van der Waals surface area contributed by atoms with Gasteiger partial charge in [-0.2, -0.15) is 26.3 Å². The van der Waals surface area contributed by atoms with Crippen molar-refractivity contribution in [1.29, 1.82) is 0 Å². The number of unbranched alkanes of at least 4 members (excludes halogenated alkanes) is 1. The predicted octanol–water partition coefficient (Wildman–Crippen LogP) is 6.92. The molecule has 0 saturated carbocycles. The fourth-order valence-corrected chi connectivity index (χ4v) is 8.60. The number of halogens is 7. The molecule has 0 spiro atoms. The third-order valence-corrected chi connectivity index (χ3v) is 11.5. The van der Waals surface area contributed by atoms with E-state index in [1.165, 1.54) is 9.80 Å². The maximum atomic E-state index is 15.5. The van der Waals surface area contributed by atoms with Gasteiger partial charge in [0.25, 0.3) is 11.8 Å². The fraction of sp³-hybridized carbons (Fsp3) is 0.486. The number of piperazine rings is 1. The van der Waals surface area contributed by atoms with Gasteiger partial charge in [0.15, 0.2) is 0 Å². The molecule has 4 amide bonds. The fourth-order valence-electron chi connectivity index (χ4n) is 7.73. The van der Waals surface area contributed by atoms with Crippen LogP contribution in [-0.2, 0) is 33.2 Å². The topological polar surface area (TPSA) is 112 Å². The Morgan fingerprint density at radius 1 is 1.05 bits per heavy atom. The van der Waals surface area contributed by atoms with Crippen molar-refractivity contribution >= 4 is 46.6 Å². The number of rotatable bonds is 9. The Labute approximate surface area is 321 Å². The van der Waals surface area contributed by atoms with Crippen molar-refractivity contribution in [2.75, 3.05) is 32.7 Å². The molecule has 6 rings (SSSR count). The highest BCUT2D eigenvalue weighted by atomic mass is 35.5. The number of hydrogen-bond donors (Lipinski definition) is 1. The zero-order chi connectivity index (χ0) is 39.7. The molecule has 5 heterocycles. The first kappa shape index (κ1) is 40.3. The minimum absolute atomic E-state index is 0.0140. The van der Waals surface area contributed by atoms with Crippen LogP contribution < -0.4 is 10.1 Å². The van der Waals surface area contributed by atoms with Crippen LogP contribution in [0.15, 0.2) is 48.0 Å². The van der Waals surface area contributed by atoms with E-state index in [-0.39, 0.29) is 76.5 Å². The summed E-state index contributed by atoms with van der Waals surface area (Å²) in [6.45, 7) is 2.04. The summed E-state index contributed by atoms with van der Waals surface area (Å²) in [6.07, 6.45) is -7.73. The molecule has 3 aliphatic heterocycles. The van der Waals surface area contributed by atoms with Crippen molar-refractivity contribution in [3.63, 3.8) is 0 Å². The number of nitrogens with one attached hydrogen (secondary N) is 1. The van der Waals surface area contributed by atoms with Gasteiger partial charge in [-0.05, 0) is 54.7 Å². The number of pyridine rings is 1. The second-order valence-corrected chi connectivity index (χ2v) is 15.1. The van der Waals surface area contributed by atoms with Gasteiger partial charge in [0.2, 0.25) is 17.4 Å². The maximum absolute atomic E-state index is 15.5. The molecule has 55 heavy (non-hydrogen) atoms. The van der Waals surface area contributed by atoms with Crippen molar-refractivity contribution < 1.29 is 50.3 Å². The van der Waals surface area contributed by atoms with Gasteiger partial charge in [0.1, 0.15) is 16.3 Å². The van der Waals surface area contributed by atoms with E-state index in [1.807, 2.05) is 6.92 Å². The highest BCUT2D eigenvalue weighted by molar-refractivity contribution is 7.10. The SMILES string of the molecule is CCCC[C@H]1N(C(=O)c2ncccc2C(F)(F)F)CCC[C@@]1(Oc1csc(C(F)(F)F)c1)C(=O)N1CCc2cc(Cl)ccc2C1CC(=O)N1CCNC(=O)C1. The number of hydrogen-bond acceptors (Lipinski definition) is 7. The van der Waals surface area contributed by atoms with Gasteiger partial charge in [-0.15, -0.1) is 11.3 Å². The van der Waals surface area contributed by atoms with Crippen LogP contribution in [-0.4, -0.2) is 87.7 Å².